The van der Waals surface area contributed by atoms with Crippen molar-refractivity contribution in [3.8, 4) is 0 Å². The van der Waals surface area contributed by atoms with Crippen LogP contribution in [-0.2, 0) is 14.3 Å². The monoisotopic (exact) mass is 840 g/mol. The topological polar surface area (TPSA) is 95.9 Å². The molecule has 348 valence electrons. The fraction of sp³-hybridized carbons (Fsp3) is 0.778. The number of carbonyl (C=O) groups is 2. The van der Waals surface area contributed by atoms with E-state index in [9.17, 15) is 19.8 Å². The molecule has 6 heteroatoms. The number of nitrogens with one attached hydrogen (secondary N) is 1. The van der Waals surface area contributed by atoms with Crippen LogP contribution in [0.2, 0.25) is 0 Å². The van der Waals surface area contributed by atoms with E-state index in [2.05, 4.69) is 50.4 Å². The van der Waals surface area contributed by atoms with E-state index < -0.39 is 18.2 Å². The molecule has 0 rings (SSSR count). The van der Waals surface area contributed by atoms with E-state index in [4.69, 9.17) is 4.74 Å². The van der Waals surface area contributed by atoms with Gasteiger partial charge in [-0.3, -0.25) is 9.59 Å². The minimum absolute atomic E-state index is 0.0498. The van der Waals surface area contributed by atoms with E-state index in [1.54, 1.807) is 0 Å². The molecule has 0 aromatic carbocycles. The molecule has 0 aliphatic heterocycles. The molecule has 60 heavy (non-hydrogen) atoms. The van der Waals surface area contributed by atoms with Crippen LogP contribution in [0.3, 0.4) is 0 Å². The largest absolute Gasteiger partial charge is 0.462 e. The number of rotatable bonds is 45. The maximum atomic E-state index is 13.2. The predicted molar refractivity (Wildman–Crippen MR) is 259 cm³/mol. The van der Waals surface area contributed by atoms with E-state index in [1.165, 1.54) is 128 Å². The van der Waals surface area contributed by atoms with Crippen LogP contribution in [0.5, 0.6) is 0 Å². The number of esters is 1. The zero-order valence-electron chi connectivity index (χ0n) is 39.6. The Kier molecular flexibility index (Phi) is 45.7. The summed E-state index contributed by atoms with van der Waals surface area (Å²) < 4.78 is 5.89. The van der Waals surface area contributed by atoms with Crippen molar-refractivity contribution in [1.29, 1.82) is 0 Å². The smallest absolute Gasteiger partial charge is 0.306 e. The van der Waals surface area contributed by atoms with Crippen molar-refractivity contribution >= 4 is 11.9 Å². The van der Waals surface area contributed by atoms with Gasteiger partial charge >= 0.3 is 5.97 Å². The van der Waals surface area contributed by atoms with E-state index in [-0.39, 0.29) is 24.9 Å². The van der Waals surface area contributed by atoms with Crippen LogP contribution in [0.15, 0.2) is 60.8 Å². The second kappa shape index (κ2) is 47.6. The zero-order valence-corrected chi connectivity index (χ0v) is 39.6. The number of amides is 1. The molecule has 0 saturated carbocycles. The summed E-state index contributed by atoms with van der Waals surface area (Å²) in [6, 6.07) is -0.715. The molecule has 0 saturated heterocycles. The normalized spacial score (nSPS) is 13.8. The number of carbonyl (C=O) groups excluding carboxylic acids is 2. The highest BCUT2D eigenvalue weighted by atomic mass is 16.5. The molecule has 6 nitrogen and oxygen atoms in total. The lowest BCUT2D eigenvalue weighted by Crippen LogP contribution is -2.46. The van der Waals surface area contributed by atoms with Crippen molar-refractivity contribution < 1.29 is 24.5 Å². The van der Waals surface area contributed by atoms with Gasteiger partial charge in [-0.15, -0.1) is 0 Å². The molecule has 0 aromatic heterocycles. The van der Waals surface area contributed by atoms with Gasteiger partial charge in [0.2, 0.25) is 5.91 Å². The standard InChI is InChI=1S/C54H97NO5/c1-4-7-10-13-16-19-21-23-25-27-29-31-34-36-39-42-45-50(60-54(59)47-44-41-38-33-18-15-12-9-6-3)48-53(58)55-51(49-56)52(57)46-43-40-37-35-32-30-28-26-24-22-20-17-14-11-8-5-2/h10,13,16,19,21,23,25,27,29,31,50-52,56-57H,4-9,11-12,14-15,17-18,20,22,24,26,28,30,32-49H2,1-3H3,(H,55,58)/b13-10+,19-16+,23-21+,27-25+,31-29+. The van der Waals surface area contributed by atoms with Crippen LogP contribution in [0.1, 0.15) is 245 Å². The Bertz CT molecular complexity index is 1080. The second-order valence-corrected chi connectivity index (χ2v) is 17.3. The molecule has 3 unspecified atom stereocenters. The molecule has 0 bridgehead atoms. The van der Waals surface area contributed by atoms with Crippen LogP contribution in [-0.4, -0.2) is 46.9 Å². The second-order valence-electron chi connectivity index (χ2n) is 17.3. The van der Waals surface area contributed by atoms with Gasteiger partial charge in [0, 0.05) is 6.42 Å². The number of unbranched alkanes of at least 4 members (excludes halogenated alkanes) is 27. The molecule has 3 N–H and O–H groups in total. The molecule has 0 spiro atoms. The molecule has 0 aromatic rings. The molecular formula is C54H97NO5. The highest BCUT2D eigenvalue weighted by Crippen LogP contribution is 2.18. The lowest BCUT2D eigenvalue weighted by molar-refractivity contribution is -0.151. The minimum Gasteiger partial charge on any atom is -0.462 e. The number of hydrogen-bond acceptors (Lipinski definition) is 5. The molecule has 0 aliphatic rings. The Hall–Kier alpha value is -2.44. The quantitative estimate of drug-likeness (QED) is 0.0322. The number of aliphatic hydroxyl groups is 2. The van der Waals surface area contributed by atoms with Crippen molar-refractivity contribution in [2.75, 3.05) is 6.61 Å². The molecule has 1 amide bonds. The first-order valence-corrected chi connectivity index (χ1v) is 25.6. The minimum atomic E-state index is -0.799. The summed E-state index contributed by atoms with van der Waals surface area (Å²) in [5.74, 6) is -0.515. The summed E-state index contributed by atoms with van der Waals surface area (Å²) >= 11 is 0. The molecule has 0 aliphatic carbocycles. The third kappa shape index (κ3) is 42.3. The van der Waals surface area contributed by atoms with Gasteiger partial charge in [-0.25, -0.2) is 0 Å². The Labute approximate surface area is 371 Å². The Morgan fingerprint density at radius 3 is 1.35 bits per heavy atom. The van der Waals surface area contributed by atoms with Crippen LogP contribution >= 0.6 is 0 Å². The predicted octanol–water partition coefficient (Wildman–Crippen LogP) is 15.2. The third-order valence-electron chi connectivity index (χ3n) is 11.5. The average molecular weight is 840 g/mol. The lowest BCUT2D eigenvalue weighted by atomic mass is 10.0. The number of ether oxygens (including phenoxy) is 1. The zero-order chi connectivity index (χ0) is 43.8. The fourth-order valence-corrected chi connectivity index (χ4v) is 7.58. The van der Waals surface area contributed by atoms with Crippen LogP contribution in [0.4, 0.5) is 0 Å². The molecular weight excluding hydrogens is 743 g/mol. The van der Waals surface area contributed by atoms with Gasteiger partial charge in [-0.1, -0.05) is 248 Å². The highest BCUT2D eigenvalue weighted by molar-refractivity contribution is 5.77. The van der Waals surface area contributed by atoms with Gasteiger partial charge in [-0.2, -0.15) is 0 Å². The molecule has 0 heterocycles. The SMILES string of the molecule is CCC/C=C/C=C/C=C/C=C/C=C/CCCCCC(CC(=O)NC(CO)C(O)CCCCCCCCCCCCCCCCCC)OC(=O)CCCCCCCCCCC. The van der Waals surface area contributed by atoms with Gasteiger partial charge in [-0.05, 0) is 44.9 Å². The first kappa shape index (κ1) is 57.6. The van der Waals surface area contributed by atoms with E-state index >= 15 is 0 Å². The molecule has 3 atom stereocenters. The number of aliphatic hydroxyl groups excluding tert-OH is 2. The van der Waals surface area contributed by atoms with Crippen molar-refractivity contribution in [3.05, 3.63) is 60.8 Å². The summed E-state index contributed by atoms with van der Waals surface area (Å²) in [4.78, 5) is 26.0. The van der Waals surface area contributed by atoms with Crippen molar-refractivity contribution in [3.63, 3.8) is 0 Å². The number of hydrogen-bond donors (Lipinski definition) is 3. The molecule has 0 radical (unpaired) electrons. The van der Waals surface area contributed by atoms with Gasteiger partial charge < -0.3 is 20.3 Å². The maximum Gasteiger partial charge on any atom is 0.306 e. The Morgan fingerprint density at radius 2 is 0.883 bits per heavy atom. The van der Waals surface area contributed by atoms with Crippen LogP contribution in [0, 0.1) is 0 Å². The van der Waals surface area contributed by atoms with Crippen molar-refractivity contribution in [2.24, 2.45) is 0 Å². The summed E-state index contributed by atoms with van der Waals surface area (Å²) in [5, 5.41) is 23.8. The van der Waals surface area contributed by atoms with Crippen LogP contribution in [0.25, 0.3) is 0 Å². The summed E-state index contributed by atoms with van der Waals surface area (Å²) in [5.41, 5.74) is 0. The van der Waals surface area contributed by atoms with Gasteiger partial charge in [0.05, 0.1) is 25.2 Å². The highest BCUT2D eigenvalue weighted by Gasteiger charge is 2.24. The summed E-state index contributed by atoms with van der Waals surface area (Å²) in [7, 11) is 0. The van der Waals surface area contributed by atoms with E-state index in [1.807, 2.05) is 36.5 Å². The Balaban J connectivity index is 4.59. The van der Waals surface area contributed by atoms with E-state index in [0.29, 0.717) is 19.3 Å². The van der Waals surface area contributed by atoms with Crippen molar-refractivity contribution in [1.82, 2.24) is 5.32 Å². The summed E-state index contributed by atoms with van der Waals surface area (Å²) in [6.07, 6.45) is 58.5. The first-order chi connectivity index (χ1) is 29.5. The van der Waals surface area contributed by atoms with Gasteiger partial charge in [0.1, 0.15) is 6.10 Å². The van der Waals surface area contributed by atoms with Crippen LogP contribution < -0.4 is 5.32 Å². The average Bonchev–Trinajstić information content (AvgIpc) is 3.24. The van der Waals surface area contributed by atoms with Gasteiger partial charge in [0.15, 0.2) is 0 Å². The van der Waals surface area contributed by atoms with Crippen molar-refractivity contribution in [2.45, 2.75) is 264 Å². The van der Waals surface area contributed by atoms with E-state index in [0.717, 1.165) is 70.6 Å². The molecule has 0 fully saturated rings. The third-order valence-corrected chi connectivity index (χ3v) is 11.5. The number of allylic oxidation sites excluding steroid dienone is 10. The maximum absolute atomic E-state index is 13.2. The lowest BCUT2D eigenvalue weighted by Gasteiger charge is -2.24. The first-order valence-electron chi connectivity index (χ1n) is 25.6. The summed E-state index contributed by atoms with van der Waals surface area (Å²) in [6.45, 7) is 6.37. The van der Waals surface area contributed by atoms with Gasteiger partial charge in [0.25, 0.3) is 0 Å². The Morgan fingerprint density at radius 1 is 0.483 bits per heavy atom. The fourth-order valence-electron chi connectivity index (χ4n) is 7.58.